The van der Waals surface area contributed by atoms with Crippen LogP contribution in [-0.4, -0.2) is 32.8 Å². The van der Waals surface area contributed by atoms with Gasteiger partial charge in [-0.3, -0.25) is 9.47 Å². The molecule has 0 N–H and O–H groups in total. The maximum atomic E-state index is 5.39. The molecule has 0 saturated heterocycles. The zero-order chi connectivity index (χ0) is 16.3. The molecule has 0 fully saturated rings. The average Bonchev–Trinajstić information content (AvgIpc) is 2.62. The van der Waals surface area contributed by atoms with E-state index in [-0.39, 0.29) is 0 Å². The van der Waals surface area contributed by atoms with Gasteiger partial charge in [0.25, 0.3) is 0 Å². The number of likely N-dealkylation sites (N-methyl/N-ethyl adjacent to an activating group) is 1. The predicted octanol–water partition coefficient (Wildman–Crippen LogP) is 3.65. The minimum Gasteiger partial charge on any atom is -0.496 e. The highest BCUT2D eigenvalue weighted by Gasteiger charge is 2.26. The minimum atomic E-state index is 0.669. The van der Waals surface area contributed by atoms with E-state index >= 15 is 0 Å². The molecule has 1 aromatic carbocycles. The Morgan fingerprint density at radius 3 is 2.17 bits per heavy atom. The van der Waals surface area contributed by atoms with Crippen molar-refractivity contribution in [1.29, 1.82) is 0 Å². The topological polar surface area (TPSA) is 31.4 Å². The van der Waals surface area contributed by atoms with Crippen molar-refractivity contribution in [3.05, 3.63) is 66.6 Å². The van der Waals surface area contributed by atoms with Crippen LogP contribution in [0.3, 0.4) is 0 Å². The monoisotopic (exact) mass is 309 g/mol. The number of rotatable bonds is 4. The molecule has 2 aromatic rings. The molecule has 0 saturated carbocycles. The largest absolute Gasteiger partial charge is 0.496 e. The van der Waals surface area contributed by atoms with E-state index in [0.29, 0.717) is 4.48 Å². The van der Waals surface area contributed by atoms with Gasteiger partial charge in [-0.2, -0.15) is 0 Å². The van der Waals surface area contributed by atoms with Gasteiger partial charge in [0.2, 0.25) is 0 Å². The van der Waals surface area contributed by atoms with Gasteiger partial charge in [-0.1, -0.05) is 0 Å². The molecule has 0 spiro atoms. The summed E-state index contributed by atoms with van der Waals surface area (Å²) in [7, 11) is 5.52. The predicted molar refractivity (Wildman–Crippen MR) is 93.5 cm³/mol. The van der Waals surface area contributed by atoms with E-state index in [4.69, 9.17) is 9.47 Å². The number of benzene rings is 1. The van der Waals surface area contributed by atoms with Gasteiger partial charge in [-0.25, -0.2) is 0 Å². The van der Waals surface area contributed by atoms with Crippen molar-refractivity contribution in [3.8, 4) is 11.5 Å². The number of ether oxygens (including phenoxy) is 2. The van der Waals surface area contributed by atoms with Gasteiger partial charge in [0.1, 0.15) is 29.9 Å². The number of quaternary nitrogens is 1. The molecule has 1 aliphatic heterocycles. The highest BCUT2D eigenvalue weighted by atomic mass is 16.5. The molecule has 2 heterocycles. The number of nitrogens with zero attached hydrogens (tertiary/aromatic N) is 2. The molecular weight excluding hydrogens is 288 g/mol. The van der Waals surface area contributed by atoms with Gasteiger partial charge in [0.05, 0.1) is 21.3 Å². The number of pyridine rings is 1. The van der Waals surface area contributed by atoms with Crippen molar-refractivity contribution in [1.82, 2.24) is 9.47 Å². The number of hydrogen-bond acceptors (Lipinski definition) is 3. The summed E-state index contributed by atoms with van der Waals surface area (Å²) in [5.41, 5.74) is 3.53. The molecule has 1 atom stereocenters. The summed E-state index contributed by atoms with van der Waals surface area (Å²) in [6.07, 6.45) is 10.2. The Balaban J connectivity index is 1.91. The molecule has 0 aliphatic carbocycles. The van der Waals surface area contributed by atoms with Crippen LogP contribution in [0.2, 0.25) is 0 Å². The molecule has 4 nitrogen and oxygen atoms in total. The first kappa shape index (κ1) is 15.3. The lowest BCUT2D eigenvalue weighted by Crippen LogP contribution is -2.40. The lowest BCUT2D eigenvalue weighted by atomic mass is 10.0. The fourth-order valence-corrected chi connectivity index (χ4v) is 2.70. The van der Waals surface area contributed by atoms with E-state index in [2.05, 4.69) is 42.5 Å². The number of hydrogen-bond donors (Lipinski definition) is 0. The summed E-state index contributed by atoms with van der Waals surface area (Å²) in [5, 5.41) is 0. The SMILES string of the molecule is COc1cc(OC)cc([N+]2(C)C=CC(c3ccncc3)=CC2)c1. The first-order valence-corrected chi connectivity index (χ1v) is 7.53. The maximum Gasteiger partial charge on any atom is 0.144 e. The van der Waals surface area contributed by atoms with Gasteiger partial charge in [-0.05, 0) is 35.4 Å². The molecule has 4 heteroatoms. The van der Waals surface area contributed by atoms with Crippen LogP contribution in [0.5, 0.6) is 11.5 Å². The lowest BCUT2D eigenvalue weighted by molar-refractivity contribution is 0.389. The van der Waals surface area contributed by atoms with E-state index in [1.165, 1.54) is 11.1 Å². The Morgan fingerprint density at radius 1 is 1.00 bits per heavy atom. The van der Waals surface area contributed by atoms with E-state index in [1.807, 2.05) is 30.6 Å². The van der Waals surface area contributed by atoms with Gasteiger partial charge in [0.15, 0.2) is 0 Å². The van der Waals surface area contributed by atoms with Crippen molar-refractivity contribution in [2.45, 2.75) is 0 Å². The van der Waals surface area contributed by atoms with E-state index in [9.17, 15) is 0 Å². The third-order valence-corrected chi connectivity index (χ3v) is 4.21. The molecule has 118 valence electrons. The van der Waals surface area contributed by atoms with Crippen LogP contribution in [-0.2, 0) is 0 Å². The maximum absolute atomic E-state index is 5.39. The number of methoxy groups -OCH3 is 2. The summed E-state index contributed by atoms with van der Waals surface area (Å²) in [5.74, 6) is 1.60. The van der Waals surface area contributed by atoms with Crippen LogP contribution in [0.1, 0.15) is 5.56 Å². The van der Waals surface area contributed by atoms with Gasteiger partial charge >= 0.3 is 0 Å². The summed E-state index contributed by atoms with van der Waals surface area (Å²) < 4.78 is 11.4. The minimum absolute atomic E-state index is 0.669. The van der Waals surface area contributed by atoms with E-state index in [1.54, 1.807) is 14.2 Å². The highest BCUT2D eigenvalue weighted by molar-refractivity contribution is 5.76. The third-order valence-electron chi connectivity index (χ3n) is 4.21. The fourth-order valence-electron chi connectivity index (χ4n) is 2.70. The van der Waals surface area contributed by atoms with Crippen LogP contribution >= 0.6 is 0 Å². The standard InChI is InChI=1S/C19H21N2O2/c1-21(17-12-18(22-2)14-19(13-17)23-3)10-6-16(7-11-21)15-4-8-20-9-5-15/h4-10,12-14H,11H2,1-3H3/q+1. The van der Waals surface area contributed by atoms with E-state index < -0.39 is 0 Å². The molecule has 3 rings (SSSR count). The van der Waals surface area contributed by atoms with E-state index in [0.717, 1.165) is 23.7 Å². The Morgan fingerprint density at radius 2 is 1.65 bits per heavy atom. The lowest BCUT2D eigenvalue weighted by Gasteiger charge is -2.31. The van der Waals surface area contributed by atoms with Crippen molar-refractivity contribution >= 4 is 11.3 Å². The highest BCUT2D eigenvalue weighted by Crippen LogP contribution is 2.34. The van der Waals surface area contributed by atoms with Crippen molar-refractivity contribution in [2.24, 2.45) is 0 Å². The molecule has 1 aromatic heterocycles. The Kier molecular flexibility index (Phi) is 4.17. The second-order valence-electron chi connectivity index (χ2n) is 5.73. The zero-order valence-electron chi connectivity index (χ0n) is 13.7. The normalized spacial score (nSPS) is 20.0. The van der Waals surface area contributed by atoms with Gasteiger partial charge < -0.3 is 9.47 Å². The molecule has 1 unspecified atom stereocenters. The molecule has 23 heavy (non-hydrogen) atoms. The van der Waals surface area contributed by atoms with Gasteiger partial charge in [-0.15, -0.1) is 0 Å². The van der Waals surface area contributed by atoms with Crippen LogP contribution in [0.4, 0.5) is 5.69 Å². The number of allylic oxidation sites excluding steroid dienone is 2. The van der Waals surface area contributed by atoms with Crippen molar-refractivity contribution in [3.63, 3.8) is 0 Å². The molecular formula is C19H21N2O2+. The summed E-state index contributed by atoms with van der Waals surface area (Å²) in [6, 6.07) is 10.1. The Labute approximate surface area is 136 Å². The second kappa shape index (κ2) is 6.26. The van der Waals surface area contributed by atoms with Crippen molar-refractivity contribution < 1.29 is 9.47 Å². The Bertz CT molecular complexity index is 731. The van der Waals surface area contributed by atoms with Crippen LogP contribution < -0.4 is 14.0 Å². The molecule has 1 aliphatic rings. The summed E-state index contributed by atoms with van der Waals surface area (Å²) in [6.45, 7) is 0.866. The summed E-state index contributed by atoms with van der Waals surface area (Å²) >= 11 is 0. The summed E-state index contributed by atoms with van der Waals surface area (Å²) in [4.78, 5) is 4.07. The Hall–Kier alpha value is -2.59. The zero-order valence-corrected chi connectivity index (χ0v) is 13.7. The fraction of sp³-hybridized carbons (Fsp3) is 0.211. The molecule has 0 amide bonds. The quantitative estimate of drug-likeness (QED) is 0.808. The van der Waals surface area contributed by atoms with Crippen LogP contribution in [0.15, 0.2) is 61.1 Å². The first-order valence-electron chi connectivity index (χ1n) is 7.53. The van der Waals surface area contributed by atoms with Crippen LogP contribution in [0, 0.1) is 0 Å². The molecule has 0 radical (unpaired) electrons. The second-order valence-corrected chi connectivity index (χ2v) is 5.73. The van der Waals surface area contributed by atoms with Crippen molar-refractivity contribution in [2.75, 3.05) is 27.8 Å². The first-order chi connectivity index (χ1) is 11.1. The van der Waals surface area contributed by atoms with Crippen LogP contribution in [0.25, 0.3) is 5.57 Å². The smallest absolute Gasteiger partial charge is 0.144 e. The number of aromatic nitrogens is 1. The molecule has 0 bridgehead atoms. The van der Waals surface area contributed by atoms with Gasteiger partial charge in [0, 0.05) is 30.6 Å². The average molecular weight is 309 g/mol. The third kappa shape index (κ3) is 3.12.